The summed E-state index contributed by atoms with van der Waals surface area (Å²) in [6.07, 6.45) is 6.64. The fourth-order valence-corrected chi connectivity index (χ4v) is 2.70. The van der Waals surface area contributed by atoms with Crippen LogP contribution in [0.5, 0.6) is 5.75 Å². The second kappa shape index (κ2) is 5.66. The van der Waals surface area contributed by atoms with E-state index in [2.05, 4.69) is 22.1 Å². The number of aromatic hydroxyl groups is 1. The zero-order valence-corrected chi connectivity index (χ0v) is 12.0. The third kappa shape index (κ3) is 2.67. The maximum absolute atomic E-state index is 10.1. The molecule has 108 valence electrons. The molecule has 1 aromatic carbocycles. The summed E-state index contributed by atoms with van der Waals surface area (Å²) in [5.74, 6) is 0.0754. The van der Waals surface area contributed by atoms with Gasteiger partial charge in [-0.1, -0.05) is 6.07 Å². The molecule has 2 N–H and O–H groups in total. The standard InChI is InChI=1S/C17H18N2O2/c1-11-17(21)16(14(10-20)8-18-11)9-19-15-6-5-12-3-2-4-13(12)7-15/h5-9,20-21H,2-4,10H2,1H3. The number of fused-ring (bicyclic) bond motifs is 1. The van der Waals surface area contributed by atoms with Crippen molar-refractivity contribution in [2.75, 3.05) is 0 Å². The van der Waals surface area contributed by atoms with Gasteiger partial charge in [0.2, 0.25) is 0 Å². The number of aryl methyl sites for hydroxylation is 3. The van der Waals surface area contributed by atoms with Gasteiger partial charge in [0.05, 0.1) is 18.0 Å². The van der Waals surface area contributed by atoms with E-state index in [1.807, 2.05) is 6.07 Å². The number of hydrogen-bond acceptors (Lipinski definition) is 4. The second-order valence-corrected chi connectivity index (χ2v) is 5.35. The molecular weight excluding hydrogens is 264 g/mol. The fraction of sp³-hybridized carbons (Fsp3) is 0.294. The summed E-state index contributed by atoms with van der Waals surface area (Å²) in [6.45, 7) is 1.55. The van der Waals surface area contributed by atoms with Crippen molar-refractivity contribution in [3.8, 4) is 5.75 Å². The van der Waals surface area contributed by atoms with Gasteiger partial charge < -0.3 is 10.2 Å². The quantitative estimate of drug-likeness (QED) is 0.851. The summed E-state index contributed by atoms with van der Waals surface area (Å²) in [4.78, 5) is 8.48. The van der Waals surface area contributed by atoms with Crippen molar-refractivity contribution >= 4 is 11.9 Å². The first-order valence-electron chi connectivity index (χ1n) is 7.13. The summed E-state index contributed by atoms with van der Waals surface area (Å²) in [5.41, 5.74) is 5.28. The zero-order chi connectivity index (χ0) is 14.8. The molecule has 0 saturated carbocycles. The number of hydrogen-bond donors (Lipinski definition) is 2. The monoisotopic (exact) mass is 282 g/mol. The van der Waals surface area contributed by atoms with E-state index in [0.717, 1.165) is 18.5 Å². The summed E-state index contributed by atoms with van der Waals surface area (Å²) >= 11 is 0. The lowest BCUT2D eigenvalue weighted by Crippen LogP contribution is -1.97. The molecule has 0 aliphatic heterocycles. The van der Waals surface area contributed by atoms with Crippen LogP contribution in [-0.4, -0.2) is 21.4 Å². The van der Waals surface area contributed by atoms with E-state index >= 15 is 0 Å². The van der Waals surface area contributed by atoms with E-state index < -0.39 is 0 Å². The Morgan fingerprint density at radius 3 is 2.90 bits per heavy atom. The molecule has 1 aliphatic rings. The highest BCUT2D eigenvalue weighted by Crippen LogP contribution is 2.27. The van der Waals surface area contributed by atoms with Crippen molar-refractivity contribution in [2.24, 2.45) is 4.99 Å². The maximum Gasteiger partial charge on any atom is 0.145 e. The van der Waals surface area contributed by atoms with Crippen LogP contribution in [0.4, 0.5) is 5.69 Å². The Balaban J connectivity index is 1.94. The van der Waals surface area contributed by atoms with Crippen LogP contribution in [-0.2, 0) is 19.4 Å². The number of benzene rings is 1. The number of aromatic nitrogens is 1. The van der Waals surface area contributed by atoms with Gasteiger partial charge in [0.1, 0.15) is 5.75 Å². The van der Waals surface area contributed by atoms with E-state index in [0.29, 0.717) is 16.8 Å². The number of nitrogens with zero attached hydrogens (tertiary/aromatic N) is 2. The van der Waals surface area contributed by atoms with Crippen LogP contribution in [0.2, 0.25) is 0 Å². The van der Waals surface area contributed by atoms with Crippen molar-refractivity contribution in [1.29, 1.82) is 0 Å². The Labute approximate surface area is 123 Å². The molecule has 0 saturated heterocycles. The molecule has 2 aromatic rings. The van der Waals surface area contributed by atoms with Crippen molar-refractivity contribution in [3.63, 3.8) is 0 Å². The summed E-state index contributed by atoms with van der Waals surface area (Å²) in [5, 5.41) is 19.4. The van der Waals surface area contributed by atoms with Crippen molar-refractivity contribution in [1.82, 2.24) is 4.98 Å². The third-order valence-electron chi connectivity index (χ3n) is 3.95. The molecular formula is C17H18N2O2. The molecule has 3 rings (SSSR count). The summed E-state index contributed by atoms with van der Waals surface area (Å²) < 4.78 is 0. The number of pyridine rings is 1. The number of aliphatic imine (C=N–C) groups is 1. The Kier molecular flexibility index (Phi) is 3.71. The zero-order valence-electron chi connectivity index (χ0n) is 12.0. The molecule has 0 unspecified atom stereocenters. The van der Waals surface area contributed by atoms with E-state index in [1.54, 1.807) is 19.3 Å². The highest BCUT2D eigenvalue weighted by atomic mass is 16.3. The van der Waals surface area contributed by atoms with Gasteiger partial charge in [-0.25, -0.2) is 0 Å². The predicted octanol–water partition coefficient (Wildman–Crippen LogP) is 2.83. The van der Waals surface area contributed by atoms with Gasteiger partial charge in [-0.2, -0.15) is 0 Å². The van der Waals surface area contributed by atoms with Crippen LogP contribution in [0, 0.1) is 6.92 Å². The van der Waals surface area contributed by atoms with Crippen LogP contribution < -0.4 is 0 Å². The molecule has 0 radical (unpaired) electrons. The van der Waals surface area contributed by atoms with E-state index in [4.69, 9.17) is 0 Å². The van der Waals surface area contributed by atoms with E-state index in [9.17, 15) is 10.2 Å². The van der Waals surface area contributed by atoms with Gasteiger partial charge in [-0.15, -0.1) is 0 Å². The summed E-state index contributed by atoms with van der Waals surface area (Å²) in [7, 11) is 0. The molecule has 1 aromatic heterocycles. The first-order valence-corrected chi connectivity index (χ1v) is 7.13. The van der Waals surface area contributed by atoms with Gasteiger partial charge >= 0.3 is 0 Å². The molecule has 21 heavy (non-hydrogen) atoms. The average molecular weight is 282 g/mol. The highest BCUT2D eigenvalue weighted by molar-refractivity contribution is 5.87. The predicted molar refractivity (Wildman–Crippen MR) is 82.3 cm³/mol. The largest absolute Gasteiger partial charge is 0.505 e. The SMILES string of the molecule is Cc1ncc(CO)c(C=Nc2ccc3c(c2)CCC3)c1O. The Morgan fingerprint density at radius 2 is 2.10 bits per heavy atom. The first-order chi connectivity index (χ1) is 10.2. The minimum absolute atomic E-state index is 0.0754. The lowest BCUT2D eigenvalue weighted by Gasteiger charge is -2.07. The van der Waals surface area contributed by atoms with E-state index in [1.165, 1.54) is 17.5 Å². The molecule has 0 amide bonds. The maximum atomic E-state index is 10.1. The molecule has 0 atom stereocenters. The van der Waals surface area contributed by atoms with Crippen LogP contribution in [0.1, 0.15) is 34.4 Å². The van der Waals surface area contributed by atoms with Gasteiger partial charge in [0, 0.05) is 23.5 Å². The Hall–Kier alpha value is -2.20. The minimum atomic E-state index is -0.174. The average Bonchev–Trinajstić information content (AvgIpc) is 2.96. The van der Waals surface area contributed by atoms with Gasteiger partial charge in [-0.05, 0) is 49.4 Å². The number of aliphatic hydroxyl groups is 1. The van der Waals surface area contributed by atoms with Gasteiger partial charge in [-0.3, -0.25) is 9.98 Å². The normalized spacial score (nSPS) is 13.8. The van der Waals surface area contributed by atoms with E-state index in [-0.39, 0.29) is 12.4 Å². The van der Waals surface area contributed by atoms with Crippen molar-refractivity contribution < 1.29 is 10.2 Å². The van der Waals surface area contributed by atoms with Crippen LogP contribution >= 0.6 is 0 Å². The molecule has 4 heteroatoms. The topological polar surface area (TPSA) is 65.7 Å². The number of aliphatic hydroxyl groups excluding tert-OH is 1. The van der Waals surface area contributed by atoms with Crippen LogP contribution in [0.15, 0.2) is 29.4 Å². The molecule has 1 heterocycles. The minimum Gasteiger partial charge on any atom is -0.505 e. The molecule has 0 spiro atoms. The fourth-order valence-electron chi connectivity index (χ4n) is 2.70. The molecule has 0 fully saturated rings. The Bertz CT molecular complexity index is 708. The van der Waals surface area contributed by atoms with Crippen molar-refractivity contribution in [3.05, 3.63) is 52.3 Å². The van der Waals surface area contributed by atoms with Crippen molar-refractivity contribution in [2.45, 2.75) is 32.8 Å². The van der Waals surface area contributed by atoms with Crippen LogP contribution in [0.3, 0.4) is 0 Å². The second-order valence-electron chi connectivity index (χ2n) is 5.35. The van der Waals surface area contributed by atoms with Gasteiger partial charge in [0.25, 0.3) is 0 Å². The smallest absolute Gasteiger partial charge is 0.145 e. The first kappa shape index (κ1) is 13.8. The lowest BCUT2D eigenvalue weighted by molar-refractivity contribution is 0.280. The molecule has 4 nitrogen and oxygen atoms in total. The summed E-state index contributed by atoms with van der Waals surface area (Å²) in [6, 6.07) is 6.21. The Morgan fingerprint density at radius 1 is 1.29 bits per heavy atom. The lowest BCUT2D eigenvalue weighted by atomic mass is 10.1. The third-order valence-corrected chi connectivity index (χ3v) is 3.95. The van der Waals surface area contributed by atoms with Crippen LogP contribution in [0.25, 0.3) is 0 Å². The number of rotatable bonds is 3. The molecule has 0 bridgehead atoms. The van der Waals surface area contributed by atoms with Gasteiger partial charge in [0.15, 0.2) is 0 Å². The highest BCUT2D eigenvalue weighted by Gasteiger charge is 2.11. The molecule has 1 aliphatic carbocycles.